The molecule has 0 saturated carbocycles. The molecule has 1 fully saturated rings. The molecule has 0 unspecified atom stereocenters. The molecule has 0 atom stereocenters. The van der Waals surface area contributed by atoms with E-state index in [4.69, 9.17) is 18.9 Å². The molecule has 1 heterocycles. The summed E-state index contributed by atoms with van der Waals surface area (Å²) in [6.07, 6.45) is 2.54. The van der Waals surface area contributed by atoms with Crippen LogP contribution >= 0.6 is 0 Å². The number of hydrogen-bond donors (Lipinski definition) is 0. The highest BCUT2D eigenvalue weighted by atomic mass is 32.2. The molecule has 1 saturated heterocycles. The van der Waals surface area contributed by atoms with Gasteiger partial charge in [0.2, 0.25) is 15.8 Å². The van der Waals surface area contributed by atoms with Crippen LogP contribution < -0.4 is 9.47 Å². The lowest BCUT2D eigenvalue weighted by Crippen LogP contribution is -2.40. The molecular weight excluding hydrogens is 450 g/mol. The first-order chi connectivity index (χ1) is 15.9. The number of carbonyl (C=O) groups excluding carboxylic acids is 2. The fourth-order valence-corrected chi connectivity index (χ4v) is 4.82. The lowest BCUT2D eigenvalue weighted by Gasteiger charge is -2.26. The first-order valence-electron chi connectivity index (χ1n) is 10.1. The second-order valence-corrected chi connectivity index (χ2v) is 8.90. The van der Waals surface area contributed by atoms with Crippen molar-refractivity contribution in [1.29, 1.82) is 0 Å². The summed E-state index contributed by atoms with van der Waals surface area (Å²) in [6, 6.07) is 11.2. The number of para-hydroxylation sites is 1. The van der Waals surface area contributed by atoms with Crippen LogP contribution in [-0.2, 0) is 24.3 Å². The van der Waals surface area contributed by atoms with Crippen molar-refractivity contribution in [3.8, 4) is 11.5 Å². The van der Waals surface area contributed by atoms with Crippen LogP contribution in [0.5, 0.6) is 11.5 Å². The largest absolute Gasteiger partial charge is 0.496 e. The minimum atomic E-state index is -3.80. The number of rotatable bonds is 9. The van der Waals surface area contributed by atoms with E-state index >= 15 is 0 Å². The molecule has 9 nitrogen and oxygen atoms in total. The van der Waals surface area contributed by atoms with Crippen molar-refractivity contribution >= 4 is 27.9 Å². The van der Waals surface area contributed by atoms with Crippen LogP contribution in [0.4, 0.5) is 0 Å². The van der Waals surface area contributed by atoms with Crippen LogP contribution in [0.3, 0.4) is 0 Å². The zero-order valence-electron chi connectivity index (χ0n) is 18.4. The smallest absolute Gasteiger partial charge is 0.331 e. The molecule has 1 aliphatic heterocycles. The van der Waals surface area contributed by atoms with Crippen molar-refractivity contribution in [3.63, 3.8) is 0 Å². The summed E-state index contributed by atoms with van der Waals surface area (Å²) >= 11 is 0. The molecule has 0 bridgehead atoms. The van der Waals surface area contributed by atoms with E-state index < -0.39 is 28.4 Å². The number of sulfonamides is 1. The molecule has 33 heavy (non-hydrogen) atoms. The SMILES string of the molecule is COc1ccccc1C(=O)COC(=O)C=Cc1ccc(OC)c(S(=O)(=O)N2CCOCC2)c1. The number of benzene rings is 2. The predicted octanol–water partition coefficient (Wildman–Crippen LogP) is 2.16. The normalized spacial score (nSPS) is 14.7. The Morgan fingerprint density at radius 1 is 1.03 bits per heavy atom. The highest BCUT2D eigenvalue weighted by Gasteiger charge is 2.29. The lowest BCUT2D eigenvalue weighted by molar-refractivity contribution is -0.136. The second kappa shape index (κ2) is 11.1. The van der Waals surface area contributed by atoms with Crippen LogP contribution in [0.15, 0.2) is 53.4 Å². The molecule has 0 radical (unpaired) electrons. The minimum absolute atomic E-state index is 0.00577. The monoisotopic (exact) mass is 475 g/mol. The average molecular weight is 476 g/mol. The lowest BCUT2D eigenvalue weighted by atomic mass is 10.1. The van der Waals surface area contributed by atoms with Crippen LogP contribution in [-0.4, -0.2) is 71.6 Å². The topological polar surface area (TPSA) is 108 Å². The zero-order valence-corrected chi connectivity index (χ0v) is 19.2. The van der Waals surface area contributed by atoms with Crippen molar-refractivity contribution < 1.29 is 37.0 Å². The maximum Gasteiger partial charge on any atom is 0.331 e. The van der Waals surface area contributed by atoms with Gasteiger partial charge in [-0.25, -0.2) is 13.2 Å². The van der Waals surface area contributed by atoms with Gasteiger partial charge in [0.25, 0.3) is 0 Å². The van der Waals surface area contributed by atoms with E-state index in [1.807, 2.05) is 0 Å². The molecule has 0 N–H and O–H groups in total. The van der Waals surface area contributed by atoms with E-state index in [-0.39, 0.29) is 23.7 Å². The quantitative estimate of drug-likeness (QED) is 0.308. The maximum absolute atomic E-state index is 13.0. The Morgan fingerprint density at radius 3 is 2.42 bits per heavy atom. The summed E-state index contributed by atoms with van der Waals surface area (Å²) in [5.41, 5.74) is 0.764. The number of carbonyl (C=O) groups is 2. The average Bonchev–Trinajstić information content (AvgIpc) is 2.86. The molecule has 3 rings (SSSR count). The second-order valence-electron chi connectivity index (χ2n) is 6.99. The van der Waals surface area contributed by atoms with Gasteiger partial charge < -0.3 is 18.9 Å². The summed E-state index contributed by atoms with van der Waals surface area (Å²) in [4.78, 5) is 24.4. The predicted molar refractivity (Wildman–Crippen MR) is 120 cm³/mol. The van der Waals surface area contributed by atoms with Crippen molar-refractivity contribution in [2.45, 2.75) is 4.90 Å². The Morgan fingerprint density at radius 2 is 1.73 bits per heavy atom. The number of hydrogen-bond acceptors (Lipinski definition) is 8. The van der Waals surface area contributed by atoms with Gasteiger partial charge in [0.1, 0.15) is 16.4 Å². The van der Waals surface area contributed by atoms with E-state index in [1.54, 1.807) is 30.3 Å². The van der Waals surface area contributed by atoms with Gasteiger partial charge in [0.15, 0.2) is 6.61 Å². The van der Waals surface area contributed by atoms with E-state index in [1.165, 1.54) is 36.7 Å². The third-order valence-corrected chi connectivity index (χ3v) is 6.86. The van der Waals surface area contributed by atoms with Gasteiger partial charge in [-0.05, 0) is 35.9 Å². The molecule has 0 amide bonds. The molecule has 0 aliphatic carbocycles. The van der Waals surface area contributed by atoms with E-state index in [9.17, 15) is 18.0 Å². The van der Waals surface area contributed by atoms with Gasteiger partial charge in [-0.1, -0.05) is 18.2 Å². The fourth-order valence-electron chi connectivity index (χ4n) is 3.23. The first kappa shape index (κ1) is 24.4. The Hall–Kier alpha value is -3.21. The van der Waals surface area contributed by atoms with Crippen LogP contribution in [0.25, 0.3) is 6.08 Å². The molecule has 1 aliphatic rings. The Balaban J connectivity index is 1.70. The van der Waals surface area contributed by atoms with Crippen molar-refractivity contribution in [1.82, 2.24) is 4.31 Å². The molecule has 2 aromatic carbocycles. The highest BCUT2D eigenvalue weighted by molar-refractivity contribution is 7.89. The molecule has 176 valence electrons. The third kappa shape index (κ3) is 5.98. The van der Waals surface area contributed by atoms with Crippen molar-refractivity contribution in [2.24, 2.45) is 0 Å². The Bertz CT molecular complexity index is 1140. The summed E-state index contributed by atoms with van der Waals surface area (Å²) in [5, 5.41) is 0. The van der Waals surface area contributed by atoms with Crippen LogP contribution in [0.2, 0.25) is 0 Å². The summed E-state index contributed by atoms with van der Waals surface area (Å²) < 4.78 is 48.0. The van der Waals surface area contributed by atoms with E-state index in [0.29, 0.717) is 30.1 Å². The van der Waals surface area contributed by atoms with Crippen LogP contribution in [0, 0.1) is 0 Å². The highest BCUT2D eigenvalue weighted by Crippen LogP contribution is 2.29. The number of morpholine rings is 1. The van der Waals surface area contributed by atoms with Gasteiger partial charge in [-0.2, -0.15) is 4.31 Å². The van der Waals surface area contributed by atoms with Crippen molar-refractivity contribution in [3.05, 3.63) is 59.7 Å². The third-order valence-electron chi connectivity index (χ3n) is 4.94. The zero-order chi connectivity index (χ0) is 23.8. The minimum Gasteiger partial charge on any atom is -0.496 e. The molecule has 2 aromatic rings. The van der Waals surface area contributed by atoms with Gasteiger partial charge >= 0.3 is 5.97 Å². The molecular formula is C23H25NO8S. The van der Waals surface area contributed by atoms with Gasteiger partial charge in [0, 0.05) is 19.2 Å². The molecule has 0 spiro atoms. The molecule has 0 aromatic heterocycles. The van der Waals surface area contributed by atoms with Gasteiger partial charge in [-0.3, -0.25) is 4.79 Å². The summed E-state index contributed by atoms with van der Waals surface area (Å²) in [6.45, 7) is 0.681. The standard InChI is InChI=1S/C23H25NO8S/c1-29-20-6-4-3-5-18(20)19(25)16-32-23(26)10-8-17-7-9-21(30-2)22(15-17)33(27,28)24-11-13-31-14-12-24/h3-10,15H,11-14,16H2,1-2H3. The number of nitrogens with zero attached hydrogens (tertiary/aromatic N) is 1. The van der Waals surface area contributed by atoms with E-state index in [2.05, 4.69) is 0 Å². The van der Waals surface area contributed by atoms with Gasteiger partial charge in [0.05, 0.1) is 33.0 Å². The maximum atomic E-state index is 13.0. The molecule has 10 heteroatoms. The van der Waals surface area contributed by atoms with Gasteiger partial charge in [-0.15, -0.1) is 0 Å². The number of esters is 1. The number of Topliss-reactive ketones (excluding diaryl/α,β-unsaturated/α-hetero) is 1. The Labute approximate surface area is 192 Å². The number of ether oxygens (including phenoxy) is 4. The van der Waals surface area contributed by atoms with Crippen molar-refractivity contribution in [2.75, 3.05) is 47.1 Å². The first-order valence-corrected chi connectivity index (χ1v) is 11.6. The number of ketones is 1. The van der Waals surface area contributed by atoms with E-state index in [0.717, 1.165) is 6.08 Å². The fraction of sp³-hybridized carbons (Fsp3) is 0.304. The summed E-state index contributed by atoms with van der Waals surface area (Å²) in [5.74, 6) is -0.561. The number of methoxy groups -OCH3 is 2. The summed E-state index contributed by atoms with van der Waals surface area (Å²) in [7, 11) is -0.967. The van der Waals surface area contributed by atoms with Crippen LogP contribution in [0.1, 0.15) is 15.9 Å². The Kier molecular flexibility index (Phi) is 8.21.